The molecule has 0 bridgehead atoms. The highest BCUT2D eigenvalue weighted by Crippen LogP contribution is 2.18. The number of nitrogens with two attached hydrogens (primary N) is 1. The normalized spacial score (nSPS) is 11.6. The van der Waals surface area contributed by atoms with E-state index in [0.29, 0.717) is 24.4 Å². The summed E-state index contributed by atoms with van der Waals surface area (Å²) in [5.41, 5.74) is 7.93. The van der Waals surface area contributed by atoms with E-state index in [0.717, 1.165) is 30.5 Å². The molecule has 0 saturated carbocycles. The maximum atomic E-state index is 12.4. The smallest absolute Gasteiger partial charge is 0.251 e. The third-order valence-electron chi connectivity index (χ3n) is 3.88. The van der Waals surface area contributed by atoms with Gasteiger partial charge in [0, 0.05) is 30.3 Å². The van der Waals surface area contributed by atoms with Crippen LogP contribution in [0.1, 0.15) is 62.4 Å². The van der Waals surface area contributed by atoms with Crippen LogP contribution in [-0.2, 0) is 4.79 Å². The standard InChI is InChI=1S/C19H31N3O2.ClH/c1-5-6-7-16(12-20)21-19(24)15-8-9-17(14(4)11-15)22-18(23)10-13(2)3;/h8-9,11,13,16H,5-7,10,12,20H2,1-4H3,(H,21,24)(H,22,23);1H. The number of aryl methyl sites for hydroxylation is 1. The zero-order valence-electron chi connectivity index (χ0n) is 15.7. The zero-order chi connectivity index (χ0) is 18.1. The molecular weight excluding hydrogens is 338 g/mol. The molecule has 0 fully saturated rings. The Hall–Kier alpha value is -1.59. The van der Waals surface area contributed by atoms with E-state index in [2.05, 4.69) is 17.6 Å². The number of amides is 2. The summed E-state index contributed by atoms with van der Waals surface area (Å²) in [5, 5.41) is 5.88. The van der Waals surface area contributed by atoms with Gasteiger partial charge in [0.25, 0.3) is 5.91 Å². The summed E-state index contributed by atoms with van der Waals surface area (Å²) in [6, 6.07) is 5.32. The monoisotopic (exact) mass is 369 g/mol. The van der Waals surface area contributed by atoms with Crippen molar-refractivity contribution in [3.05, 3.63) is 29.3 Å². The number of anilines is 1. The maximum Gasteiger partial charge on any atom is 0.251 e. The molecule has 2 amide bonds. The molecule has 1 unspecified atom stereocenters. The lowest BCUT2D eigenvalue weighted by Gasteiger charge is -2.17. The molecule has 4 N–H and O–H groups in total. The van der Waals surface area contributed by atoms with Crippen molar-refractivity contribution >= 4 is 29.9 Å². The fourth-order valence-electron chi connectivity index (χ4n) is 2.49. The van der Waals surface area contributed by atoms with E-state index in [1.807, 2.05) is 20.8 Å². The van der Waals surface area contributed by atoms with E-state index < -0.39 is 0 Å². The van der Waals surface area contributed by atoms with E-state index in [-0.39, 0.29) is 30.3 Å². The Kier molecular flexibility index (Phi) is 11.1. The van der Waals surface area contributed by atoms with Crippen molar-refractivity contribution in [3.8, 4) is 0 Å². The van der Waals surface area contributed by atoms with Crippen LogP contribution in [0.25, 0.3) is 0 Å². The van der Waals surface area contributed by atoms with Crippen molar-refractivity contribution in [2.45, 2.75) is 59.4 Å². The van der Waals surface area contributed by atoms with Gasteiger partial charge in [0.15, 0.2) is 0 Å². The lowest BCUT2D eigenvalue weighted by Crippen LogP contribution is -2.40. The van der Waals surface area contributed by atoms with Crippen molar-refractivity contribution in [3.63, 3.8) is 0 Å². The lowest BCUT2D eigenvalue weighted by molar-refractivity contribution is -0.116. The highest BCUT2D eigenvalue weighted by Gasteiger charge is 2.14. The van der Waals surface area contributed by atoms with E-state index in [1.54, 1.807) is 18.2 Å². The fraction of sp³-hybridized carbons (Fsp3) is 0.579. The quantitative estimate of drug-likeness (QED) is 0.621. The molecule has 0 radical (unpaired) electrons. The van der Waals surface area contributed by atoms with E-state index in [4.69, 9.17) is 5.73 Å². The number of rotatable bonds is 9. The highest BCUT2D eigenvalue weighted by atomic mass is 35.5. The number of carbonyl (C=O) groups is 2. The molecule has 1 atom stereocenters. The minimum Gasteiger partial charge on any atom is -0.348 e. The third kappa shape index (κ3) is 8.36. The number of carbonyl (C=O) groups excluding carboxylic acids is 2. The predicted octanol–water partition coefficient (Wildman–Crippen LogP) is 3.65. The molecule has 0 aliphatic heterocycles. The summed E-state index contributed by atoms with van der Waals surface area (Å²) in [6.45, 7) is 8.46. The predicted molar refractivity (Wildman–Crippen MR) is 106 cm³/mol. The van der Waals surface area contributed by atoms with Gasteiger partial charge in [0.2, 0.25) is 5.91 Å². The average Bonchev–Trinajstić information content (AvgIpc) is 2.52. The molecule has 142 valence electrons. The summed E-state index contributed by atoms with van der Waals surface area (Å²) >= 11 is 0. The summed E-state index contributed by atoms with van der Waals surface area (Å²) in [7, 11) is 0. The number of halogens is 1. The molecule has 0 saturated heterocycles. The van der Waals surface area contributed by atoms with Gasteiger partial charge in [-0.2, -0.15) is 0 Å². The number of hydrogen-bond acceptors (Lipinski definition) is 3. The molecule has 6 heteroatoms. The minimum atomic E-state index is -0.121. The Morgan fingerprint density at radius 2 is 1.92 bits per heavy atom. The first-order valence-corrected chi connectivity index (χ1v) is 8.78. The first kappa shape index (κ1) is 23.4. The molecule has 0 heterocycles. The van der Waals surface area contributed by atoms with E-state index >= 15 is 0 Å². The largest absolute Gasteiger partial charge is 0.348 e. The molecule has 0 aromatic heterocycles. The third-order valence-corrected chi connectivity index (χ3v) is 3.88. The summed E-state index contributed by atoms with van der Waals surface area (Å²) in [4.78, 5) is 24.2. The van der Waals surface area contributed by atoms with Crippen LogP contribution < -0.4 is 16.4 Å². The summed E-state index contributed by atoms with van der Waals surface area (Å²) < 4.78 is 0. The molecule has 25 heavy (non-hydrogen) atoms. The Labute approximate surface area is 157 Å². The van der Waals surface area contributed by atoms with E-state index in [9.17, 15) is 9.59 Å². The van der Waals surface area contributed by atoms with Gasteiger partial charge in [-0.3, -0.25) is 9.59 Å². The van der Waals surface area contributed by atoms with Gasteiger partial charge < -0.3 is 16.4 Å². The molecule has 1 rings (SSSR count). The van der Waals surface area contributed by atoms with Gasteiger partial charge in [0.1, 0.15) is 0 Å². The number of nitrogens with one attached hydrogen (secondary N) is 2. The Morgan fingerprint density at radius 3 is 2.44 bits per heavy atom. The van der Waals surface area contributed by atoms with Gasteiger partial charge >= 0.3 is 0 Å². The van der Waals surface area contributed by atoms with Crippen LogP contribution in [0.2, 0.25) is 0 Å². The summed E-state index contributed by atoms with van der Waals surface area (Å²) in [5.74, 6) is 0.185. The number of unbranched alkanes of at least 4 members (excludes halogenated alkanes) is 1. The molecule has 1 aromatic rings. The molecule has 0 aliphatic rings. The van der Waals surface area contributed by atoms with Gasteiger partial charge in [-0.15, -0.1) is 12.4 Å². The lowest BCUT2D eigenvalue weighted by atomic mass is 10.1. The Balaban J connectivity index is 0.00000576. The Morgan fingerprint density at radius 1 is 1.24 bits per heavy atom. The zero-order valence-corrected chi connectivity index (χ0v) is 16.5. The van der Waals surface area contributed by atoms with Crippen LogP contribution in [0.5, 0.6) is 0 Å². The highest BCUT2D eigenvalue weighted by molar-refractivity contribution is 5.96. The van der Waals surface area contributed by atoms with Crippen LogP contribution in [0.4, 0.5) is 5.69 Å². The first-order chi connectivity index (χ1) is 11.4. The topological polar surface area (TPSA) is 84.2 Å². The van der Waals surface area contributed by atoms with Crippen molar-refractivity contribution in [2.75, 3.05) is 11.9 Å². The SMILES string of the molecule is CCCCC(CN)NC(=O)c1ccc(NC(=O)CC(C)C)c(C)c1.Cl. The molecular formula is C19H32ClN3O2. The second kappa shape index (κ2) is 11.9. The van der Waals surface area contributed by atoms with E-state index in [1.165, 1.54) is 0 Å². The maximum absolute atomic E-state index is 12.4. The van der Waals surface area contributed by atoms with Gasteiger partial charge in [-0.05, 0) is 43.0 Å². The van der Waals surface area contributed by atoms with Gasteiger partial charge in [-0.25, -0.2) is 0 Å². The van der Waals surface area contributed by atoms with Crippen LogP contribution in [0.3, 0.4) is 0 Å². The van der Waals surface area contributed by atoms with Crippen LogP contribution >= 0.6 is 12.4 Å². The van der Waals surface area contributed by atoms with Crippen molar-refractivity contribution in [1.82, 2.24) is 5.32 Å². The second-order valence-corrected chi connectivity index (χ2v) is 6.72. The Bertz CT molecular complexity index is 562. The van der Waals surface area contributed by atoms with Gasteiger partial charge in [0.05, 0.1) is 0 Å². The van der Waals surface area contributed by atoms with Crippen LogP contribution in [-0.4, -0.2) is 24.4 Å². The molecule has 1 aromatic carbocycles. The molecule has 5 nitrogen and oxygen atoms in total. The van der Waals surface area contributed by atoms with Crippen LogP contribution in [0, 0.1) is 12.8 Å². The van der Waals surface area contributed by atoms with Crippen LogP contribution in [0.15, 0.2) is 18.2 Å². The minimum absolute atomic E-state index is 0. The van der Waals surface area contributed by atoms with Crippen molar-refractivity contribution in [1.29, 1.82) is 0 Å². The van der Waals surface area contributed by atoms with Gasteiger partial charge in [-0.1, -0.05) is 33.6 Å². The van der Waals surface area contributed by atoms with Crippen molar-refractivity contribution in [2.24, 2.45) is 11.7 Å². The van der Waals surface area contributed by atoms with Crippen molar-refractivity contribution < 1.29 is 9.59 Å². The molecule has 0 aliphatic carbocycles. The molecule has 0 spiro atoms. The first-order valence-electron chi connectivity index (χ1n) is 8.78. The average molecular weight is 370 g/mol. The number of hydrogen-bond donors (Lipinski definition) is 3. The summed E-state index contributed by atoms with van der Waals surface area (Å²) in [6.07, 6.45) is 3.50. The fourth-order valence-corrected chi connectivity index (χ4v) is 2.49. The number of benzene rings is 1. The second-order valence-electron chi connectivity index (χ2n) is 6.72.